The van der Waals surface area contributed by atoms with Crippen molar-refractivity contribution in [2.45, 2.75) is 42.4 Å². The Hall–Kier alpha value is -1.69. The van der Waals surface area contributed by atoms with Crippen LogP contribution in [0.2, 0.25) is 0 Å². The fraction of sp³-hybridized carbons (Fsp3) is 0.556. The Morgan fingerprint density at radius 3 is 2.62 bits per heavy atom. The van der Waals surface area contributed by atoms with Gasteiger partial charge in [0.05, 0.1) is 12.4 Å². The summed E-state index contributed by atoms with van der Waals surface area (Å²) >= 11 is 1.46. The molecule has 2 fully saturated rings. The lowest BCUT2D eigenvalue weighted by molar-refractivity contribution is -0.149. The van der Waals surface area contributed by atoms with Crippen molar-refractivity contribution in [2.75, 3.05) is 13.7 Å². The maximum absolute atomic E-state index is 12.8. The third-order valence-electron chi connectivity index (χ3n) is 5.15. The van der Waals surface area contributed by atoms with Crippen LogP contribution in [0.1, 0.15) is 26.2 Å². The first-order valence-electron chi connectivity index (χ1n) is 8.35. The zero-order valence-electron chi connectivity index (χ0n) is 14.0. The molecule has 1 N–H and O–H groups in total. The summed E-state index contributed by atoms with van der Waals surface area (Å²) in [7, 11) is 1.62. The summed E-state index contributed by atoms with van der Waals surface area (Å²) < 4.78 is 5.14. The third kappa shape index (κ3) is 3.24. The van der Waals surface area contributed by atoms with Crippen LogP contribution in [0.15, 0.2) is 29.2 Å². The Labute approximate surface area is 146 Å². The molecule has 1 aromatic rings. The molecule has 4 atom stereocenters. The van der Waals surface area contributed by atoms with Crippen LogP contribution in [0.4, 0.5) is 0 Å². The Morgan fingerprint density at radius 2 is 2.00 bits per heavy atom. The molecule has 4 unspecified atom stereocenters. The summed E-state index contributed by atoms with van der Waals surface area (Å²) in [6, 6.07) is 6.91. The number of aliphatic carboxylic acids is 1. The third-order valence-corrected chi connectivity index (χ3v) is 6.25. The van der Waals surface area contributed by atoms with Gasteiger partial charge >= 0.3 is 5.97 Å². The zero-order valence-corrected chi connectivity index (χ0v) is 14.8. The molecule has 3 rings (SSSR count). The molecule has 2 aliphatic rings. The number of thioether (sulfide) groups is 1. The lowest BCUT2D eigenvalue weighted by Crippen LogP contribution is -2.46. The van der Waals surface area contributed by atoms with Crippen LogP contribution in [0.3, 0.4) is 0 Å². The summed E-state index contributed by atoms with van der Waals surface area (Å²) in [6.07, 6.45) is 3.04. The Bertz CT molecular complexity index is 618. The van der Waals surface area contributed by atoms with E-state index in [2.05, 4.69) is 0 Å². The number of methoxy groups -OCH3 is 1. The molecular formula is C18H23NO4S. The molecule has 1 saturated heterocycles. The molecule has 1 heterocycles. The van der Waals surface area contributed by atoms with Gasteiger partial charge in [0.15, 0.2) is 0 Å². The van der Waals surface area contributed by atoms with Gasteiger partial charge in [0.1, 0.15) is 11.8 Å². The number of fused-ring (bicyclic) bond motifs is 1. The number of carbonyl (C=O) groups is 2. The first-order chi connectivity index (χ1) is 11.5. The summed E-state index contributed by atoms with van der Waals surface area (Å²) in [4.78, 5) is 27.1. The number of rotatable bonds is 5. The first-order valence-corrected chi connectivity index (χ1v) is 9.23. The van der Waals surface area contributed by atoms with Gasteiger partial charge in [0.2, 0.25) is 5.91 Å². The fourth-order valence-electron chi connectivity index (χ4n) is 3.99. The molecular weight excluding hydrogens is 326 g/mol. The maximum atomic E-state index is 12.8. The highest BCUT2D eigenvalue weighted by Crippen LogP contribution is 2.43. The van der Waals surface area contributed by atoms with Crippen molar-refractivity contribution in [3.63, 3.8) is 0 Å². The molecule has 1 saturated carbocycles. The number of nitrogens with zero attached hydrogens (tertiary/aromatic N) is 1. The van der Waals surface area contributed by atoms with Crippen molar-refractivity contribution >= 4 is 23.6 Å². The number of amides is 1. The molecule has 1 amide bonds. The molecule has 0 spiro atoms. The van der Waals surface area contributed by atoms with Gasteiger partial charge in [-0.25, -0.2) is 4.79 Å². The lowest BCUT2D eigenvalue weighted by Gasteiger charge is -2.27. The van der Waals surface area contributed by atoms with E-state index in [9.17, 15) is 14.7 Å². The Kier molecular flexibility index (Phi) is 5.04. The van der Waals surface area contributed by atoms with Crippen LogP contribution in [0.25, 0.3) is 0 Å². The largest absolute Gasteiger partial charge is 0.497 e. The average molecular weight is 349 g/mol. The van der Waals surface area contributed by atoms with Crippen molar-refractivity contribution in [1.29, 1.82) is 0 Å². The zero-order chi connectivity index (χ0) is 17.3. The number of hydrogen-bond donors (Lipinski definition) is 1. The molecule has 0 radical (unpaired) electrons. The predicted octanol–water partition coefficient (Wildman–Crippen LogP) is 2.89. The number of carboxylic acids is 1. The van der Waals surface area contributed by atoms with E-state index >= 15 is 0 Å². The van der Waals surface area contributed by atoms with E-state index in [-0.39, 0.29) is 17.1 Å². The van der Waals surface area contributed by atoms with Gasteiger partial charge in [-0.05, 0) is 55.9 Å². The van der Waals surface area contributed by atoms with Crippen molar-refractivity contribution in [2.24, 2.45) is 11.8 Å². The van der Waals surface area contributed by atoms with Crippen LogP contribution < -0.4 is 4.74 Å². The second-order valence-corrected chi connectivity index (χ2v) is 7.98. The second kappa shape index (κ2) is 7.05. The summed E-state index contributed by atoms with van der Waals surface area (Å²) in [5, 5.41) is 9.29. The predicted molar refractivity (Wildman–Crippen MR) is 92.3 cm³/mol. The van der Waals surface area contributed by atoms with Crippen molar-refractivity contribution in [3.8, 4) is 5.75 Å². The number of hydrogen-bond acceptors (Lipinski definition) is 4. The Balaban J connectivity index is 1.69. The van der Waals surface area contributed by atoms with Crippen LogP contribution in [0, 0.1) is 11.8 Å². The molecule has 1 aromatic carbocycles. The number of likely N-dealkylation sites (tertiary alicyclic amines) is 1. The molecule has 1 aliphatic carbocycles. The highest BCUT2D eigenvalue weighted by Gasteiger charge is 2.50. The molecule has 6 heteroatoms. The van der Waals surface area contributed by atoms with Crippen LogP contribution in [0.5, 0.6) is 5.75 Å². The maximum Gasteiger partial charge on any atom is 0.326 e. The second-order valence-electron chi connectivity index (χ2n) is 6.56. The fourth-order valence-corrected chi connectivity index (χ4v) is 4.93. The Morgan fingerprint density at radius 1 is 1.29 bits per heavy atom. The molecule has 0 aromatic heterocycles. The van der Waals surface area contributed by atoms with Crippen LogP contribution >= 0.6 is 11.8 Å². The van der Waals surface area contributed by atoms with Crippen LogP contribution in [-0.4, -0.2) is 46.8 Å². The first kappa shape index (κ1) is 17.1. The summed E-state index contributed by atoms with van der Waals surface area (Å²) in [5.41, 5.74) is 0. The van der Waals surface area contributed by atoms with Gasteiger partial charge in [-0.2, -0.15) is 0 Å². The highest BCUT2D eigenvalue weighted by molar-refractivity contribution is 8.00. The number of carboxylic acid groups (broad SMARTS) is 1. The van der Waals surface area contributed by atoms with Gasteiger partial charge in [0, 0.05) is 11.4 Å². The molecule has 24 heavy (non-hydrogen) atoms. The highest BCUT2D eigenvalue weighted by atomic mass is 32.2. The normalized spacial score (nSPS) is 26.9. The number of carbonyl (C=O) groups excluding carboxylic acids is 1. The standard InChI is InChI=1S/C18H23NO4S/c1-11(24-14-8-6-13(23-2)7-9-14)17(20)19-10-12-4-3-5-15(12)16(19)18(21)22/h6-9,11-12,15-16H,3-5,10H2,1-2H3,(H,21,22). The van der Waals surface area contributed by atoms with Gasteiger partial charge in [-0.3, -0.25) is 4.79 Å². The van der Waals surface area contributed by atoms with Gasteiger partial charge in [0.25, 0.3) is 0 Å². The molecule has 130 valence electrons. The van der Waals surface area contributed by atoms with Gasteiger partial charge in [-0.1, -0.05) is 6.42 Å². The van der Waals surface area contributed by atoms with Crippen molar-refractivity contribution in [1.82, 2.24) is 4.90 Å². The summed E-state index contributed by atoms with van der Waals surface area (Å²) in [5.74, 6) is 0.325. The molecule has 5 nitrogen and oxygen atoms in total. The van der Waals surface area contributed by atoms with E-state index in [1.165, 1.54) is 11.8 Å². The van der Waals surface area contributed by atoms with Crippen molar-refractivity contribution in [3.05, 3.63) is 24.3 Å². The number of ether oxygens (including phenoxy) is 1. The topological polar surface area (TPSA) is 66.8 Å². The van der Waals surface area contributed by atoms with E-state index in [4.69, 9.17) is 4.74 Å². The van der Waals surface area contributed by atoms with Gasteiger partial charge in [-0.15, -0.1) is 11.8 Å². The van der Waals surface area contributed by atoms with Gasteiger partial charge < -0.3 is 14.7 Å². The minimum atomic E-state index is -0.862. The monoisotopic (exact) mass is 349 g/mol. The van der Waals surface area contributed by atoms with Crippen molar-refractivity contribution < 1.29 is 19.4 Å². The summed E-state index contributed by atoms with van der Waals surface area (Å²) in [6.45, 7) is 2.44. The molecule has 1 aliphatic heterocycles. The number of benzene rings is 1. The van der Waals surface area contributed by atoms with E-state index in [1.54, 1.807) is 12.0 Å². The lowest BCUT2D eigenvalue weighted by atomic mass is 9.94. The minimum Gasteiger partial charge on any atom is -0.497 e. The molecule has 0 bridgehead atoms. The quantitative estimate of drug-likeness (QED) is 0.828. The van der Waals surface area contributed by atoms with E-state index in [0.29, 0.717) is 12.5 Å². The minimum absolute atomic E-state index is 0.0716. The van der Waals surface area contributed by atoms with E-state index in [0.717, 1.165) is 29.9 Å². The van der Waals surface area contributed by atoms with E-state index < -0.39 is 12.0 Å². The average Bonchev–Trinajstić information content (AvgIpc) is 3.15. The van der Waals surface area contributed by atoms with Crippen LogP contribution in [-0.2, 0) is 9.59 Å². The SMILES string of the molecule is COc1ccc(SC(C)C(=O)N2CC3CCCC3C2C(=O)O)cc1. The smallest absolute Gasteiger partial charge is 0.326 e. The van der Waals surface area contributed by atoms with E-state index in [1.807, 2.05) is 31.2 Å².